The molecule has 138 valence electrons. The van der Waals surface area contributed by atoms with Gasteiger partial charge in [0.25, 0.3) is 0 Å². The Morgan fingerprint density at radius 2 is 1.73 bits per heavy atom. The van der Waals surface area contributed by atoms with Gasteiger partial charge in [0.2, 0.25) is 5.91 Å². The number of anilines is 3. The summed E-state index contributed by atoms with van der Waals surface area (Å²) in [6, 6.07) is 14.5. The van der Waals surface area contributed by atoms with Crippen molar-refractivity contribution in [2.24, 2.45) is 0 Å². The van der Waals surface area contributed by atoms with Crippen LogP contribution < -0.4 is 15.5 Å². The zero-order chi connectivity index (χ0) is 18.4. The first-order valence-corrected chi connectivity index (χ1v) is 9.58. The van der Waals surface area contributed by atoms with Crippen LogP contribution in [0.4, 0.5) is 17.1 Å². The Kier molecular flexibility index (Phi) is 6.16. The van der Waals surface area contributed by atoms with Crippen molar-refractivity contribution in [1.82, 2.24) is 0 Å². The third kappa shape index (κ3) is 5.01. The first-order valence-electron chi connectivity index (χ1n) is 9.58. The van der Waals surface area contributed by atoms with Crippen LogP contribution in [0.25, 0.3) is 0 Å². The average molecular weight is 351 g/mol. The first-order chi connectivity index (χ1) is 12.6. The number of rotatable bonds is 6. The molecule has 2 aromatic rings. The highest BCUT2D eigenvalue weighted by molar-refractivity contribution is 5.91. The highest BCUT2D eigenvalue weighted by atomic mass is 16.1. The van der Waals surface area contributed by atoms with E-state index in [-0.39, 0.29) is 5.91 Å². The lowest BCUT2D eigenvalue weighted by Crippen LogP contribution is -2.29. The van der Waals surface area contributed by atoms with Crippen LogP contribution in [0.3, 0.4) is 0 Å². The fourth-order valence-corrected chi connectivity index (χ4v) is 3.45. The Bertz CT molecular complexity index is 734. The summed E-state index contributed by atoms with van der Waals surface area (Å²) in [4.78, 5) is 14.6. The minimum Gasteiger partial charge on any atom is -0.384 e. The number of carbonyl (C=O) groups excluding carboxylic acids is 1. The molecular formula is C22H29N3O. The lowest BCUT2D eigenvalue weighted by Gasteiger charge is -2.28. The summed E-state index contributed by atoms with van der Waals surface area (Å²) in [5.41, 5.74) is 5.66. The molecule has 4 nitrogen and oxygen atoms in total. The van der Waals surface area contributed by atoms with Crippen molar-refractivity contribution >= 4 is 23.0 Å². The number of hydrogen-bond donors (Lipinski definition) is 2. The molecule has 1 aliphatic rings. The Hall–Kier alpha value is -2.49. The second-order valence-corrected chi connectivity index (χ2v) is 7.14. The molecule has 0 saturated carbocycles. The van der Waals surface area contributed by atoms with Gasteiger partial charge in [0.05, 0.1) is 0 Å². The van der Waals surface area contributed by atoms with Crippen molar-refractivity contribution in [2.75, 3.05) is 35.2 Å². The molecule has 1 amide bonds. The van der Waals surface area contributed by atoms with Crippen LogP contribution in [-0.4, -0.2) is 25.5 Å². The Morgan fingerprint density at radius 3 is 2.42 bits per heavy atom. The van der Waals surface area contributed by atoms with Gasteiger partial charge in [-0.15, -0.1) is 0 Å². The quantitative estimate of drug-likeness (QED) is 0.790. The second-order valence-electron chi connectivity index (χ2n) is 7.14. The monoisotopic (exact) mass is 351 g/mol. The maximum atomic E-state index is 12.2. The molecule has 2 N–H and O–H groups in total. The zero-order valence-electron chi connectivity index (χ0n) is 15.8. The Balaban J connectivity index is 1.45. The molecule has 1 saturated heterocycles. The summed E-state index contributed by atoms with van der Waals surface area (Å²) >= 11 is 0. The molecule has 4 heteroatoms. The van der Waals surface area contributed by atoms with E-state index in [9.17, 15) is 4.79 Å². The standard InChI is InChI=1S/C22H29N3O/c1-17-6-11-21(18(2)16-17)23-13-12-22(26)24-19-7-9-20(10-8-19)25-14-4-3-5-15-25/h6-11,16,23H,3-5,12-15H2,1-2H3,(H,24,26). The van der Waals surface area contributed by atoms with Gasteiger partial charge in [-0.3, -0.25) is 4.79 Å². The molecule has 0 unspecified atom stereocenters. The summed E-state index contributed by atoms with van der Waals surface area (Å²) in [5, 5.41) is 6.33. The lowest BCUT2D eigenvalue weighted by molar-refractivity contribution is -0.115. The van der Waals surface area contributed by atoms with E-state index in [1.54, 1.807) is 0 Å². The van der Waals surface area contributed by atoms with Gasteiger partial charge >= 0.3 is 0 Å². The van der Waals surface area contributed by atoms with Crippen LogP contribution in [0.5, 0.6) is 0 Å². The molecule has 0 atom stereocenters. The SMILES string of the molecule is Cc1ccc(NCCC(=O)Nc2ccc(N3CCCCC3)cc2)c(C)c1. The number of piperidine rings is 1. The molecule has 0 bridgehead atoms. The number of hydrogen-bond acceptors (Lipinski definition) is 3. The molecule has 0 aliphatic carbocycles. The molecule has 3 rings (SSSR count). The molecule has 2 aromatic carbocycles. The van der Waals surface area contributed by atoms with Crippen LogP contribution in [0, 0.1) is 13.8 Å². The summed E-state index contributed by atoms with van der Waals surface area (Å²) in [6.07, 6.45) is 4.32. The van der Waals surface area contributed by atoms with E-state index in [1.165, 1.54) is 36.1 Å². The van der Waals surface area contributed by atoms with Crippen LogP contribution in [0.2, 0.25) is 0 Å². The van der Waals surface area contributed by atoms with Gasteiger partial charge in [-0.05, 0) is 69.0 Å². The van der Waals surface area contributed by atoms with Crippen molar-refractivity contribution in [1.29, 1.82) is 0 Å². The molecule has 1 heterocycles. The zero-order valence-corrected chi connectivity index (χ0v) is 15.8. The maximum Gasteiger partial charge on any atom is 0.226 e. The van der Waals surface area contributed by atoms with E-state index in [0.717, 1.165) is 24.5 Å². The summed E-state index contributed by atoms with van der Waals surface area (Å²) in [7, 11) is 0. The van der Waals surface area contributed by atoms with Gasteiger partial charge in [0, 0.05) is 43.1 Å². The van der Waals surface area contributed by atoms with E-state index in [2.05, 4.69) is 59.7 Å². The average Bonchev–Trinajstić information content (AvgIpc) is 2.65. The van der Waals surface area contributed by atoms with Crippen molar-refractivity contribution in [3.8, 4) is 0 Å². The first kappa shape index (κ1) is 18.3. The summed E-state index contributed by atoms with van der Waals surface area (Å²) in [6.45, 7) is 7.06. The minimum atomic E-state index is 0.0352. The van der Waals surface area contributed by atoms with Gasteiger partial charge < -0.3 is 15.5 Å². The van der Waals surface area contributed by atoms with Crippen LogP contribution in [0.1, 0.15) is 36.8 Å². The van der Waals surface area contributed by atoms with E-state index < -0.39 is 0 Å². The minimum absolute atomic E-state index is 0.0352. The van der Waals surface area contributed by atoms with E-state index in [4.69, 9.17) is 0 Å². The topological polar surface area (TPSA) is 44.4 Å². The van der Waals surface area contributed by atoms with Crippen LogP contribution >= 0.6 is 0 Å². The smallest absolute Gasteiger partial charge is 0.226 e. The highest BCUT2D eigenvalue weighted by Crippen LogP contribution is 2.22. The van der Waals surface area contributed by atoms with Gasteiger partial charge in [-0.1, -0.05) is 17.7 Å². The van der Waals surface area contributed by atoms with Gasteiger partial charge in [0.1, 0.15) is 0 Å². The van der Waals surface area contributed by atoms with E-state index >= 15 is 0 Å². The second kappa shape index (κ2) is 8.75. The number of aryl methyl sites for hydroxylation is 2. The molecular weight excluding hydrogens is 322 g/mol. The predicted molar refractivity (Wildman–Crippen MR) is 110 cm³/mol. The van der Waals surface area contributed by atoms with Crippen molar-refractivity contribution in [3.05, 3.63) is 53.6 Å². The van der Waals surface area contributed by atoms with E-state index in [1.807, 2.05) is 12.1 Å². The highest BCUT2D eigenvalue weighted by Gasteiger charge is 2.11. The van der Waals surface area contributed by atoms with Gasteiger partial charge in [-0.25, -0.2) is 0 Å². The van der Waals surface area contributed by atoms with Gasteiger partial charge in [0.15, 0.2) is 0 Å². The number of benzene rings is 2. The van der Waals surface area contributed by atoms with E-state index in [0.29, 0.717) is 13.0 Å². The predicted octanol–water partition coefficient (Wildman–Crippen LogP) is 4.73. The van der Waals surface area contributed by atoms with Crippen molar-refractivity contribution in [2.45, 2.75) is 39.5 Å². The van der Waals surface area contributed by atoms with Crippen molar-refractivity contribution < 1.29 is 4.79 Å². The number of nitrogens with one attached hydrogen (secondary N) is 2. The molecule has 1 aliphatic heterocycles. The molecule has 0 spiro atoms. The number of nitrogens with zero attached hydrogens (tertiary/aromatic N) is 1. The summed E-state index contributed by atoms with van der Waals surface area (Å²) in [5.74, 6) is 0.0352. The Morgan fingerprint density at radius 1 is 1.00 bits per heavy atom. The summed E-state index contributed by atoms with van der Waals surface area (Å²) < 4.78 is 0. The molecule has 26 heavy (non-hydrogen) atoms. The van der Waals surface area contributed by atoms with Gasteiger partial charge in [-0.2, -0.15) is 0 Å². The number of amides is 1. The van der Waals surface area contributed by atoms with Crippen molar-refractivity contribution in [3.63, 3.8) is 0 Å². The fraction of sp³-hybridized carbons (Fsp3) is 0.409. The normalized spacial score (nSPS) is 14.2. The Labute approximate surface area is 156 Å². The number of carbonyl (C=O) groups is 1. The lowest BCUT2D eigenvalue weighted by atomic mass is 10.1. The third-order valence-corrected chi connectivity index (χ3v) is 4.92. The van der Waals surface area contributed by atoms with Crippen LogP contribution in [-0.2, 0) is 4.79 Å². The van der Waals surface area contributed by atoms with Crippen LogP contribution in [0.15, 0.2) is 42.5 Å². The largest absolute Gasteiger partial charge is 0.384 e. The molecule has 0 radical (unpaired) electrons. The fourth-order valence-electron chi connectivity index (χ4n) is 3.45. The third-order valence-electron chi connectivity index (χ3n) is 4.92. The maximum absolute atomic E-state index is 12.2. The molecule has 0 aromatic heterocycles. The molecule has 1 fully saturated rings.